The lowest BCUT2D eigenvalue weighted by Crippen LogP contribution is -2.22. The zero-order valence-electron chi connectivity index (χ0n) is 13.8. The molecule has 0 saturated carbocycles. The Kier molecular flexibility index (Phi) is 5.03. The van der Waals surface area contributed by atoms with E-state index in [4.69, 9.17) is 0 Å². The van der Waals surface area contributed by atoms with Crippen LogP contribution in [0, 0.1) is 6.92 Å². The first kappa shape index (κ1) is 15.6. The summed E-state index contributed by atoms with van der Waals surface area (Å²) in [6.45, 7) is 7.42. The molecule has 1 N–H and O–H groups in total. The fraction of sp³-hybridized carbons (Fsp3) is 0.368. The Morgan fingerprint density at radius 2 is 1.67 bits per heavy atom. The third-order valence-corrected chi connectivity index (χ3v) is 3.66. The Balaban J connectivity index is 2.34. The van der Waals surface area contributed by atoms with Gasteiger partial charge in [0.2, 0.25) is 0 Å². The number of nitrogens with one attached hydrogen (secondary N) is 1. The molecule has 0 bridgehead atoms. The van der Waals surface area contributed by atoms with E-state index in [1.54, 1.807) is 0 Å². The minimum atomic E-state index is 0.496. The van der Waals surface area contributed by atoms with E-state index >= 15 is 0 Å². The lowest BCUT2D eigenvalue weighted by atomic mass is 9.97. The van der Waals surface area contributed by atoms with Gasteiger partial charge in [0.25, 0.3) is 0 Å². The Morgan fingerprint density at radius 1 is 1.00 bits per heavy atom. The van der Waals surface area contributed by atoms with Crippen LogP contribution >= 0.6 is 0 Å². The van der Waals surface area contributed by atoms with Gasteiger partial charge in [-0.2, -0.15) is 0 Å². The van der Waals surface area contributed by atoms with Gasteiger partial charge in [-0.15, -0.1) is 0 Å². The Bertz CT molecular complexity index is 583. The maximum absolute atomic E-state index is 3.51. The van der Waals surface area contributed by atoms with Crippen molar-refractivity contribution in [3.05, 3.63) is 53.6 Å². The van der Waals surface area contributed by atoms with Crippen molar-refractivity contribution >= 4 is 5.69 Å². The zero-order chi connectivity index (χ0) is 15.4. The van der Waals surface area contributed by atoms with Crippen LogP contribution in [-0.2, 0) is 6.54 Å². The number of benzene rings is 2. The molecular weight excluding hydrogens is 256 g/mol. The predicted octanol–water partition coefficient (Wildman–Crippen LogP) is 4.23. The summed E-state index contributed by atoms with van der Waals surface area (Å²) < 4.78 is 0. The number of rotatable bonds is 5. The molecule has 0 aromatic heterocycles. The third kappa shape index (κ3) is 4.08. The van der Waals surface area contributed by atoms with Crippen molar-refractivity contribution in [3.63, 3.8) is 0 Å². The van der Waals surface area contributed by atoms with Gasteiger partial charge >= 0.3 is 0 Å². The van der Waals surface area contributed by atoms with Gasteiger partial charge in [-0.05, 0) is 35.7 Å². The average Bonchev–Trinajstić information content (AvgIpc) is 2.46. The summed E-state index contributed by atoms with van der Waals surface area (Å²) in [5, 5.41) is 3.51. The minimum Gasteiger partial charge on any atom is -0.378 e. The Morgan fingerprint density at radius 3 is 2.24 bits per heavy atom. The predicted molar refractivity (Wildman–Crippen MR) is 92.9 cm³/mol. The maximum atomic E-state index is 3.51. The smallest absolute Gasteiger partial charge is 0.0361 e. The molecule has 0 radical (unpaired) electrons. The maximum Gasteiger partial charge on any atom is 0.0361 e. The van der Waals surface area contributed by atoms with Crippen molar-refractivity contribution in [2.45, 2.75) is 33.4 Å². The van der Waals surface area contributed by atoms with Gasteiger partial charge in [-0.3, -0.25) is 0 Å². The molecule has 0 heterocycles. The summed E-state index contributed by atoms with van der Waals surface area (Å²) in [6, 6.07) is 16.0. The van der Waals surface area contributed by atoms with Crippen LogP contribution in [0.1, 0.15) is 25.0 Å². The van der Waals surface area contributed by atoms with Gasteiger partial charge in [-0.25, -0.2) is 0 Å². The largest absolute Gasteiger partial charge is 0.378 e. The Hall–Kier alpha value is -1.80. The number of aryl methyl sites for hydroxylation is 1. The summed E-state index contributed by atoms with van der Waals surface area (Å²) in [5.41, 5.74) is 6.49. The molecule has 2 heteroatoms. The van der Waals surface area contributed by atoms with E-state index in [1.807, 2.05) is 0 Å². The molecule has 2 nitrogen and oxygen atoms in total. The van der Waals surface area contributed by atoms with Crippen molar-refractivity contribution in [1.82, 2.24) is 5.32 Å². The summed E-state index contributed by atoms with van der Waals surface area (Å²) in [5.74, 6) is 0. The normalized spacial score (nSPS) is 11.0. The molecule has 0 saturated heterocycles. The highest BCUT2D eigenvalue weighted by Crippen LogP contribution is 2.27. The summed E-state index contributed by atoms with van der Waals surface area (Å²) in [6.07, 6.45) is 0. The summed E-state index contributed by atoms with van der Waals surface area (Å²) >= 11 is 0. The van der Waals surface area contributed by atoms with Crippen molar-refractivity contribution < 1.29 is 0 Å². The molecule has 0 fully saturated rings. The second-order valence-corrected chi connectivity index (χ2v) is 6.14. The number of nitrogens with zero attached hydrogens (tertiary/aromatic N) is 1. The molecule has 0 amide bonds. The van der Waals surface area contributed by atoms with Crippen LogP contribution in [-0.4, -0.2) is 20.1 Å². The molecule has 0 aliphatic rings. The van der Waals surface area contributed by atoms with E-state index in [9.17, 15) is 0 Å². The van der Waals surface area contributed by atoms with Crippen LogP contribution in [0.4, 0.5) is 5.69 Å². The highest BCUT2D eigenvalue weighted by molar-refractivity contribution is 5.70. The molecule has 0 atom stereocenters. The van der Waals surface area contributed by atoms with Gasteiger partial charge in [-0.1, -0.05) is 49.7 Å². The first-order chi connectivity index (χ1) is 9.97. The molecule has 0 aliphatic heterocycles. The number of hydrogen-bond donors (Lipinski definition) is 1. The summed E-state index contributed by atoms with van der Waals surface area (Å²) in [4.78, 5) is 2.13. The van der Waals surface area contributed by atoms with Crippen molar-refractivity contribution in [2.24, 2.45) is 0 Å². The lowest BCUT2D eigenvalue weighted by molar-refractivity contribution is 0.589. The second kappa shape index (κ2) is 6.77. The quantitative estimate of drug-likeness (QED) is 0.883. The van der Waals surface area contributed by atoms with Crippen LogP contribution < -0.4 is 10.2 Å². The van der Waals surface area contributed by atoms with E-state index in [0.717, 1.165) is 6.54 Å². The molecule has 2 rings (SSSR count). The highest BCUT2D eigenvalue weighted by Gasteiger charge is 2.07. The van der Waals surface area contributed by atoms with E-state index in [2.05, 4.69) is 87.5 Å². The fourth-order valence-electron chi connectivity index (χ4n) is 2.37. The standard InChI is InChI=1S/C19H26N2/c1-14(2)20-13-17-7-6-15(3)12-19(17)16-8-10-18(11-9-16)21(4)5/h6-12,14,20H,13H2,1-5H3. The average molecular weight is 282 g/mol. The number of hydrogen-bond acceptors (Lipinski definition) is 2. The molecule has 112 valence electrons. The van der Waals surface area contributed by atoms with Crippen LogP contribution in [0.25, 0.3) is 11.1 Å². The van der Waals surface area contributed by atoms with E-state index < -0.39 is 0 Å². The van der Waals surface area contributed by atoms with E-state index in [0.29, 0.717) is 6.04 Å². The van der Waals surface area contributed by atoms with Crippen molar-refractivity contribution in [3.8, 4) is 11.1 Å². The van der Waals surface area contributed by atoms with Crippen LogP contribution in [0.5, 0.6) is 0 Å². The topological polar surface area (TPSA) is 15.3 Å². The molecule has 2 aromatic rings. The molecule has 0 unspecified atom stereocenters. The van der Waals surface area contributed by atoms with Crippen LogP contribution in [0.2, 0.25) is 0 Å². The first-order valence-electron chi connectivity index (χ1n) is 7.58. The van der Waals surface area contributed by atoms with Crippen molar-refractivity contribution in [2.75, 3.05) is 19.0 Å². The molecule has 2 aromatic carbocycles. The van der Waals surface area contributed by atoms with E-state index in [-0.39, 0.29) is 0 Å². The molecular formula is C19H26N2. The lowest BCUT2D eigenvalue weighted by Gasteiger charge is -2.16. The summed E-state index contributed by atoms with van der Waals surface area (Å²) in [7, 11) is 4.14. The monoisotopic (exact) mass is 282 g/mol. The highest BCUT2D eigenvalue weighted by atomic mass is 15.1. The van der Waals surface area contributed by atoms with Gasteiger partial charge in [0, 0.05) is 32.4 Å². The van der Waals surface area contributed by atoms with E-state index in [1.165, 1.54) is 27.9 Å². The van der Waals surface area contributed by atoms with Gasteiger partial charge in [0.05, 0.1) is 0 Å². The Labute approximate surface area is 128 Å². The van der Waals surface area contributed by atoms with Gasteiger partial charge in [0.15, 0.2) is 0 Å². The third-order valence-electron chi connectivity index (χ3n) is 3.66. The molecule has 21 heavy (non-hydrogen) atoms. The fourth-order valence-corrected chi connectivity index (χ4v) is 2.37. The van der Waals surface area contributed by atoms with Crippen LogP contribution in [0.15, 0.2) is 42.5 Å². The van der Waals surface area contributed by atoms with Crippen molar-refractivity contribution in [1.29, 1.82) is 0 Å². The first-order valence-corrected chi connectivity index (χ1v) is 7.58. The molecule has 0 spiro atoms. The zero-order valence-corrected chi connectivity index (χ0v) is 13.8. The minimum absolute atomic E-state index is 0.496. The van der Waals surface area contributed by atoms with Crippen LogP contribution in [0.3, 0.4) is 0 Å². The van der Waals surface area contributed by atoms with Gasteiger partial charge < -0.3 is 10.2 Å². The molecule has 0 aliphatic carbocycles. The van der Waals surface area contributed by atoms with Gasteiger partial charge in [0.1, 0.15) is 0 Å². The number of anilines is 1. The second-order valence-electron chi connectivity index (χ2n) is 6.14. The SMILES string of the molecule is Cc1ccc(CNC(C)C)c(-c2ccc(N(C)C)cc2)c1.